The summed E-state index contributed by atoms with van der Waals surface area (Å²) in [4.78, 5) is 23.7. The van der Waals surface area contributed by atoms with E-state index in [9.17, 15) is 9.59 Å². The molecular weight excluding hydrogens is 322 g/mol. The van der Waals surface area contributed by atoms with E-state index in [1.165, 1.54) is 6.07 Å². The highest BCUT2D eigenvalue weighted by molar-refractivity contribution is 5.88. The summed E-state index contributed by atoms with van der Waals surface area (Å²) < 4.78 is 11.2. The zero-order chi connectivity index (χ0) is 17.8. The number of amides is 1. The summed E-state index contributed by atoms with van der Waals surface area (Å²) >= 11 is 0. The fourth-order valence-corrected chi connectivity index (χ4v) is 3.17. The monoisotopic (exact) mass is 343 g/mol. The maximum absolute atomic E-state index is 12.6. The molecule has 3 rings (SSSR count). The Morgan fingerprint density at radius 3 is 2.72 bits per heavy atom. The smallest absolute Gasteiger partial charge is 0.339 e. The summed E-state index contributed by atoms with van der Waals surface area (Å²) in [5.74, 6) is -0.662. The predicted octanol–water partition coefficient (Wildman–Crippen LogP) is 3.07. The minimum absolute atomic E-state index is 0.112. The molecule has 1 aromatic heterocycles. The zero-order valence-electron chi connectivity index (χ0n) is 14.0. The van der Waals surface area contributed by atoms with E-state index in [0.717, 1.165) is 18.4 Å². The van der Waals surface area contributed by atoms with Gasteiger partial charge in [0.2, 0.25) is 5.91 Å². The van der Waals surface area contributed by atoms with Crippen molar-refractivity contribution in [2.75, 3.05) is 6.61 Å². The van der Waals surface area contributed by atoms with E-state index in [2.05, 4.69) is 5.32 Å². The number of hydrogen-bond acceptors (Lipinski definition) is 4. The molecule has 2 heterocycles. The average molecular weight is 343 g/mol. The molecule has 2 atom stereocenters. The topological polar surface area (TPSA) is 88.8 Å². The number of benzene rings is 1. The van der Waals surface area contributed by atoms with Crippen LogP contribution in [0, 0.1) is 12.8 Å². The number of carbonyl (C=O) groups is 2. The molecule has 0 bridgehead atoms. The van der Waals surface area contributed by atoms with Crippen LogP contribution in [0.25, 0.3) is 0 Å². The Morgan fingerprint density at radius 2 is 2.04 bits per heavy atom. The molecular formula is C19H21NO5. The third kappa shape index (κ3) is 3.91. The van der Waals surface area contributed by atoms with E-state index >= 15 is 0 Å². The van der Waals surface area contributed by atoms with Crippen LogP contribution in [0.1, 0.15) is 46.4 Å². The average Bonchev–Trinajstić information content (AvgIpc) is 3.01. The molecule has 6 heteroatoms. The van der Waals surface area contributed by atoms with Crippen molar-refractivity contribution in [1.82, 2.24) is 5.32 Å². The lowest BCUT2D eigenvalue weighted by Crippen LogP contribution is -2.37. The van der Waals surface area contributed by atoms with E-state index in [4.69, 9.17) is 14.3 Å². The quantitative estimate of drug-likeness (QED) is 0.871. The lowest BCUT2D eigenvalue weighted by Gasteiger charge is -2.31. The summed E-state index contributed by atoms with van der Waals surface area (Å²) in [7, 11) is 0. The van der Waals surface area contributed by atoms with Crippen LogP contribution in [0.2, 0.25) is 0 Å². The molecule has 2 aromatic rings. The Balaban J connectivity index is 1.67. The second kappa shape index (κ2) is 7.53. The minimum Gasteiger partial charge on any atom is -0.478 e. The molecule has 1 fully saturated rings. The van der Waals surface area contributed by atoms with Crippen molar-refractivity contribution in [2.24, 2.45) is 5.92 Å². The van der Waals surface area contributed by atoms with E-state index < -0.39 is 5.97 Å². The third-order valence-corrected chi connectivity index (χ3v) is 4.42. The number of carboxylic acids is 1. The van der Waals surface area contributed by atoms with Crippen molar-refractivity contribution >= 4 is 11.9 Å². The van der Waals surface area contributed by atoms with Crippen LogP contribution < -0.4 is 5.32 Å². The zero-order valence-corrected chi connectivity index (χ0v) is 14.0. The largest absolute Gasteiger partial charge is 0.478 e. The summed E-state index contributed by atoms with van der Waals surface area (Å²) in [6.45, 7) is 2.39. The first-order valence-corrected chi connectivity index (χ1v) is 8.33. The van der Waals surface area contributed by atoms with Gasteiger partial charge in [0.1, 0.15) is 17.1 Å². The number of furan rings is 1. The van der Waals surface area contributed by atoms with Crippen molar-refractivity contribution in [3.8, 4) is 0 Å². The Bertz CT molecular complexity index is 752. The van der Waals surface area contributed by atoms with Gasteiger partial charge in [-0.2, -0.15) is 0 Å². The maximum Gasteiger partial charge on any atom is 0.339 e. The Hall–Kier alpha value is -2.60. The molecule has 0 spiro atoms. The van der Waals surface area contributed by atoms with Gasteiger partial charge >= 0.3 is 5.97 Å². The first-order chi connectivity index (χ1) is 12.1. The molecule has 1 amide bonds. The van der Waals surface area contributed by atoms with E-state index in [0.29, 0.717) is 18.1 Å². The second-order valence-corrected chi connectivity index (χ2v) is 6.16. The summed E-state index contributed by atoms with van der Waals surface area (Å²) in [6, 6.07) is 11.2. The number of rotatable bonds is 5. The number of carboxylic acid groups (broad SMARTS) is 1. The Labute approximate surface area is 145 Å². The first kappa shape index (κ1) is 17.2. The molecule has 1 aliphatic heterocycles. The van der Waals surface area contributed by atoms with E-state index in [1.54, 1.807) is 6.92 Å². The Morgan fingerprint density at radius 1 is 1.28 bits per heavy atom. The van der Waals surface area contributed by atoms with Crippen molar-refractivity contribution in [3.05, 3.63) is 59.0 Å². The first-order valence-electron chi connectivity index (χ1n) is 8.33. The molecule has 25 heavy (non-hydrogen) atoms. The van der Waals surface area contributed by atoms with Gasteiger partial charge in [-0.05, 0) is 31.4 Å². The van der Waals surface area contributed by atoms with E-state index in [-0.39, 0.29) is 30.0 Å². The molecule has 0 radical (unpaired) electrons. The summed E-state index contributed by atoms with van der Waals surface area (Å²) in [5.41, 5.74) is 1.11. The number of aryl methyl sites for hydroxylation is 1. The number of nitrogens with one attached hydrogen (secondary N) is 1. The number of carbonyl (C=O) groups excluding carboxylic acids is 1. The molecule has 0 aliphatic carbocycles. The van der Waals surface area contributed by atoms with Gasteiger partial charge < -0.3 is 19.6 Å². The fraction of sp³-hybridized carbons (Fsp3) is 0.368. The fourth-order valence-electron chi connectivity index (χ4n) is 3.17. The SMILES string of the molecule is Cc1oc(CNC(=O)[C@@H]2CCCO[C@H]2c2ccccc2)cc1C(=O)O. The lowest BCUT2D eigenvalue weighted by molar-refractivity contribution is -0.135. The van der Waals surface area contributed by atoms with Gasteiger partial charge in [-0.15, -0.1) is 0 Å². The van der Waals surface area contributed by atoms with Crippen molar-refractivity contribution in [3.63, 3.8) is 0 Å². The van der Waals surface area contributed by atoms with Crippen molar-refractivity contribution in [1.29, 1.82) is 0 Å². The molecule has 2 N–H and O–H groups in total. The van der Waals surface area contributed by atoms with Crippen LogP contribution in [0.4, 0.5) is 0 Å². The van der Waals surface area contributed by atoms with Gasteiger partial charge in [0.05, 0.1) is 18.6 Å². The molecule has 1 aliphatic rings. The standard InChI is InChI=1S/C19H21NO5/c1-12-16(19(22)23)10-14(25-12)11-20-18(21)15-8-5-9-24-17(15)13-6-3-2-4-7-13/h2-4,6-7,10,15,17H,5,8-9,11H2,1H3,(H,20,21)(H,22,23)/t15-,17+/m1/s1. The van der Waals surface area contributed by atoms with Gasteiger partial charge in [0, 0.05) is 6.61 Å². The molecule has 1 saturated heterocycles. The van der Waals surface area contributed by atoms with Gasteiger partial charge in [0.25, 0.3) is 0 Å². The molecule has 132 valence electrons. The molecule has 0 unspecified atom stereocenters. The number of hydrogen-bond donors (Lipinski definition) is 2. The lowest BCUT2D eigenvalue weighted by atomic mass is 9.89. The van der Waals surface area contributed by atoms with Crippen LogP contribution >= 0.6 is 0 Å². The van der Waals surface area contributed by atoms with Crippen LogP contribution in [0.5, 0.6) is 0 Å². The molecule has 0 saturated carbocycles. The maximum atomic E-state index is 12.6. The van der Waals surface area contributed by atoms with Gasteiger partial charge in [-0.25, -0.2) is 4.79 Å². The van der Waals surface area contributed by atoms with E-state index in [1.807, 2.05) is 30.3 Å². The van der Waals surface area contributed by atoms with Crippen LogP contribution in [-0.4, -0.2) is 23.6 Å². The third-order valence-electron chi connectivity index (χ3n) is 4.42. The number of ether oxygens (including phenoxy) is 1. The van der Waals surface area contributed by atoms with Crippen LogP contribution in [0.3, 0.4) is 0 Å². The highest BCUT2D eigenvalue weighted by Gasteiger charge is 2.33. The normalized spacial score (nSPS) is 20.2. The highest BCUT2D eigenvalue weighted by atomic mass is 16.5. The van der Waals surface area contributed by atoms with Gasteiger partial charge in [-0.1, -0.05) is 30.3 Å². The molecule has 6 nitrogen and oxygen atoms in total. The summed E-state index contributed by atoms with van der Waals surface area (Å²) in [6.07, 6.45) is 1.33. The minimum atomic E-state index is -1.04. The summed E-state index contributed by atoms with van der Waals surface area (Å²) in [5, 5.41) is 11.9. The number of aromatic carboxylic acids is 1. The van der Waals surface area contributed by atoms with Gasteiger partial charge in [0.15, 0.2) is 0 Å². The molecule has 1 aromatic carbocycles. The van der Waals surface area contributed by atoms with Crippen LogP contribution in [0.15, 0.2) is 40.8 Å². The Kier molecular flexibility index (Phi) is 5.19. The van der Waals surface area contributed by atoms with Crippen LogP contribution in [-0.2, 0) is 16.1 Å². The predicted molar refractivity (Wildman–Crippen MR) is 90.1 cm³/mol. The van der Waals surface area contributed by atoms with Crippen molar-refractivity contribution < 1.29 is 23.8 Å². The van der Waals surface area contributed by atoms with Gasteiger partial charge in [-0.3, -0.25) is 4.79 Å². The second-order valence-electron chi connectivity index (χ2n) is 6.16. The van der Waals surface area contributed by atoms with Crippen molar-refractivity contribution in [2.45, 2.75) is 32.4 Å². The highest BCUT2D eigenvalue weighted by Crippen LogP contribution is 2.33.